The fourth-order valence-corrected chi connectivity index (χ4v) is 3.53. The van der Waals surface area contributed by atoms with Gasteiger partial charge in [0.2, 0.25) is 11.8 Å². The summed E-state index contributed by atoms with van der Waals surface area (Å²) in [6.45, 7) is 1.43. The van der Waals surface area contributed by atoms with E-state index in [2.05, 4.69) is 10.4 Å². The van der Waals surface area contributed by atoms with Gasteiger partial charge in [0.25, 0.3) is 0 Å². The summed E-state index contributed by atoms with van der Waals surface area (Å²) in [5, 5.41) is 7.29. The fourth-order valence-electron chi connectivity index (χ4n) is 3.53. The predicted octanol–water partition coefficient (Wildman–Crippen LogP) is 0.540. The molecule has 1 N–H and O–H groups in total. The lowest BCUT2D eigenvalue weighted by molar-refractivity contribution is -0.144. The highest BCUT2D eigenvalue weighted by molar-refractivity contribution is 5.85. The Morgan fingerprint density at radius 1 is 1.38 bits per heavy atom. The average molecular weight is 333 g/mol. The molecule has 2 fully saturated rings. The molecule has 2 atom stereocenters. The molecule has 1 aromatic heterocycles. The normalized spacial score (nSPS) is 24.5. The molecule has 7 heteroatoms. The van der Waals surface area contributed by atoms with Gasteiger partial charge >= 0.3 is 0 Å². The van der Waals surface area contributed by atoms with Crippen molar-refractivity contribution >= 4 is 11.8 Å². The third-order valence-corrected chi connectivity index (χ3v) is 4.94. The molecule has 1 saturated carbocycles. The van der Waals surface area contributed by atoms with Gasteiger partial charge in [-0.15, -0.1) is 0 Å². The monoisotopic (exact) mass is 333 g/mol. The molecule has 1 aliphatic heterocycles. The summed E-state index contributed by atoms with van der Waals surface area (Å²) in [5.41, 5.74) is 0.947. The van der Waals surface area contributed by atoms with Crippen molar-refractivity contribution in [2.45, 2.75) is 37.8 Å². The van der Waals surface area contributed by atoms with Gasteiger partial charge in [0.1, 0.15) is 0 Å². The van der Waals surface area contributed by atoms with Gasteiger partial charge in [0, 0.05) is 38.8 Å². The highest BCUT2D eigenvalue weighted by Gasteiger charge is 2.47. The van der Waals surface area contributed by atoms with E-state index in [9.17, 15) is 9.59 Å². The van der Waals surface area contributed by atoms with E-state index in [-0.39, 0.29) is 29.8 Å². The lowest BCUT2D eigenvalue weighted by Crippen LogP contribution is -2.50. The number of aryl methyl sites for hydroxylation is 1. The van der Waals surface area contributed by atoms with Crippen LogP contribution >= 0.6 is 0 Å². The Balaban J connectivity index is 1.81. The third-order valence-electron chi connectivity index (χ3n) is 4.94. The number of carbonyl (C=O) groups is 2. The number of nitrogens with zero attached hydrogens (tertiary/aromatic N) is 4. The van der Waals surface area contributed by atoms with Crippen LogP contribution in [0.2, 0.25) is 0 Å². The molecule has 0 radical (unpaired) electrons. The second-order valence-electron chi connectivity index (χ2n) is 7.10. The Hall–Kier alpha value is -1.89. The van der Waals surface area contributed by atoms with E-state index < -0.39 is 0 Å². The smallest absolute Gasteiger partial charge is 0.225 e. The van der Waals surface area contributed by atoms with E-state index in [0.29, 0.717) is 19.4 Å². The number of carbonyl (C=O) groups excluding carboxylic acids is 2. The zero-order valence-electron chi connectivity index (χ0n) is 14.7. The Labute approximate surface area is 143 Å². The van der Waals surface area contributed by atoms with Crippen molar-refractivity contribution in [2.24, 2.45) is 13.0 Å². The standard InChI is InChI=1S/C17H27N5O2/c1-20(2)11-10-18-17(24)13-6-7-15(23)22(12-4-5-12)16(13)14-8-9-19-21(14)3/h8-9,12-13,16H,4-7,10-11H2,1-3H3,(H,18,24)/t13-,16-/m0/s1. The number of amides is 2. The fraction of sp³-hybridized carbons (Fsp3) is 0.706. The summed E-state index contributed by atoms with van der Waals surface area (Å²) in [4.78, 5) is 29.3. The average Bonchev–Trinajstić information content (AvgIpc) is 3.27. The third kappa shape index (κ3) is 3.45. The maximum atomic E-state index is 12.8. The van der Waals surface area contributed by atoms with Crippen LogP contribution in [0.5, 0.6) is 0 Å². The van der Waals surface area contributed by atoms with Gasteiger partial charge in [-0.05, 0) is 39.4 Å². The molecule has 2 heterocycles. The number of likely N-dealkylation sites (N-methyl/N-ethyl adjacent to an activating group) is 1. The number of rotatable bonds is 6. The highest BCUT2D eigenvalue weighted by Crippen LogP contribution is 2.43. The Bertz CT molecular complexity index is 608. The number of piperidine rings is 1. The minimum Gasteiger partial charge on any atom is -0.354 e. The molecular formula is C17H27N5O2. The van der Waals surface area contributed by atoms with Crippen molar-refractivity contribution in [3.63, 3.8) is 0 Å². The zero-order chi connectivity index (χ0) is 17.3. The zero-order valence-corrected chi connectivity index (χ0v) is 14.7. The highest BCUT2D eigenvalue weighted by atomic mass is 16.2. The molecule has 3 rings (SSSR count). The second-order valence-corrected chi connectivity index (χ2v) is 7.10. The number of nitrogens with one attached hydrogen (secondary N) is 1. The van der Waals surface area contributed by atoms with Crippen molar-refractivity contribution < 1.29 is 9.59 Å². The van der Waals surface area contributed by atoms with Gasteiger partial charge in [-0.1, -0.05) is 0 Å². The van der Waals surface area contributed by atoms with E-state index in [1.165, 1.54) is 0 Å². The van der Waals surface area contributed by atoms with E-state index in [1.807, 2.05) is 37.0 Å². The topological polar surface area (TPSA) is 70.5 Å². The first kappa shape index (κ1) is 17.0. The minimum absolute atomic E-state index is 0.0428. The largest absolute Gasteiger partial charge is 0.354 e. The summed E-state index contributed by atoms with van der Waals surface area (Å²) >= 11 is 0. The lowest BCUT2D eigenvalue weighted by Gasteiger charge is -2.40. The molecule has 7 nitrogen and oxygen atoms in total. The summed E-state index contributed by atoms with van der Waals surface area (Å²) < 4.78 is 1.79. The first-order valence-corrected chi connectivity index (χ1v) is 8.70. The van der Waals surface area contributed by atoms with Gasteiger partial charge in [-0.3, -0.25) is 14.3 Å². The molecule has 1 saturated heterocycles. The molecule has 0 aromatic carbocycles. The molecule has 0 unspecified atom stereocenters. The van der Waals surface area contributed by atoms with Crippen molar-refractivity contribution in [2.75, 3.05) is 27.2 Å². The summed E-state index contributed by atoms with van der Waals surface area (Å²) in [6.07, 6.45) is 4.87. The molecule has 1 aliphatic carbocycles. The summed E-state index contributed by atoms with van der Waals surface area (Å²) in [5.74, 6) is 0.00287. The van der Waals surface area contributed by atoms with Crippen LogP contribution in [0.25, 0.3) is 0 Å². The first-order chi connectivity index (χ1) is 11.5. The van der Waals surface area contributed by atoms with Crippen molar-refractivity contribution in [1.82, 2.24) is 24.9 Å². The Morgan fingerprint density at radius 2 is 2.12 bits per heavy atom. The molecule has 0 bridgehead atoms. The van der Waals surface area contributed by atoms with Crippen LogP contribution in [0.4, 0.5) is 0 Å². The van der Waals surface area contributed by atoms with Gasteiger partial charge in [-0.25, -0.2) is 0 Å². The van der Waals surface area contributed by atoms with Gasteiger partial charge in [0.05, 0.1) is 17.7 Å². The number of aromatic nitrogens is 2. The van der Waals surface area contributed by atoms with Crippen LogP contribution in [0.3, 0.4) is 0 Å². The van der Waals surface area contributed by atoms with Crippen molar-refractivity contribution in [3.8, 4) is 0 Å². The van der Waals surface area contributed by atoms with Crippen molar-refractivity contribution in [1.29, 1.82) is 0 Å². The van der Waals surface area contributed by atoms with Gasteiger partial charge in [0.15, 0.2) is 0 Å². The van der Waals surface area contributed by atoms with Crippen LogP contribution in [0.15, 0.2) is 12.3 Å². The lowest BCUT2D eigenvalue weighted by atomic mass is 9.85. The van der Waals surface area contributed by atoms with Gasteiger partial charge in [-0.2, -0.15) is 5.10 Å². The quantitative estimate of drug-likeness (QED) is 0.825. The molecule has 24 heavy (non-hydrogen) atoms. The predicted molar refractivity (Wildman–Crippen MR) is 90.1 cm³/mol. The van der Waals surface area contributed by atoms with Gasteiger partial charge < -0.3 is 15.1 Å². The first-order valence-electron chi connectivity index (χ1n) is 8.70. The van der Waals surface area contributed by atoms with Crippen LogP contribution in [0, 0.1) is 5.92 Å². The minimum atomic E-state index is -0.208. The molecular weight excluding hydrogens is 306 g/mol. The van der Waals surface area contributed by atoms with Crippen LogP contribution < -0.4 is 5.32 Å². The van der Waals surface area contributed by atoms with Crippen molar-refractivity contribution in [3.05, 3.63) is 18.0 Å². The molecule has 2 aliphatic rings. The molecule has 2 amide bonds. The maximum Gasteiger partial charge on any atom is 0.225 e. The maximum absolute atomic E-state index is 12.8. The molecule has 132 valence electrons. The summed E-state index contributed by atoms with van der Waals surface area (Å²) in [6, 6.07) is 2.01. The number of hydrogen-bond donors (Lipinski definition) is 1. The SMILES string of the molecule is CN(C)CCNC(=O)[C@H]1CCC(=O)N(C2CC2)[C@@H]1c1ccnn1C. The van der Waals surface area contributed by atoms with E-state index in [1.54, 1.807) is 10.9 Å². The number of hydrogen-bond acceptors (Lipinski definition) is 4. The second kappa shape index (κ2) is 6.93. The van der Waals surface area contributed by atoms with Crippen LogP contribution in [-0.2, 0) is 16.6 Å². The van der Waals surface area contributed by atoms with E-state index >= 15 is 0 Å². The number of likely N-dealkylation sites (tertiary alicyclic amines) is 1. The van der Waals surface area contributed by atoms with E-state index in [4.69, 9.17) is 0 Å². The van der Waals surface area contributed by atoms with Crippen LogP contribution in [-0.4, -0.2) is 64.6 Å². The summed E-state index contributed by atoms with van der Waals surface area (Å²) in [7, 11) is 5.85. The Kier molecular flexibility index (Phi) is 4.89. The molecule has 1 aromatic rings. The van der Waals surface area contributed by atoms with Crippen LogP contribution in [0.1, 0.15) is 37.4 Å². The Morgan fingerprint density at radius 3 is 2.71 bits per heavy atom. The van der Waals surface area contributed by atoms with E-state index in [0.717, 1.165) is 25.1 Å². The molecule has 0 spiro atoms.